The molecular formula is C18H22N2O. The third kappa shape index (κ3) is 3.23. The van der Waals surface area contributed by atoms with Crippen molar-refractivity contribution < 1.29 is 0 Å². The molecule has 1 aromatic heterocycles. The van der Waals surface area contributed by atoms with Gasteiger partial charge in [-0.3, -0.25) is 4.79 Å². The zero-order valence-electron chi connectivity index (χ0n) is 12.5. The van der Waals surface area contributed by atoms with Gasteiger partial charge in [0.05, 0.1) is 5.69 Å². The van der Waals surface area contributed by atoms with Crippen molar-refractivity contribution in [2.45, 2.75) is 44.9 Å². The molecule has 0 amide bonds. The minimum absolute atomic E-state index is 0.0440. The Bertz CT molecular complexity index is 648. The van der Waals surface area contributed by atoms with Crippen LogP contribution in [-0.4, -0.2) is 9.97 Å². The highest BCUT2D eigenvalue weighted by Crippen LogP contribution is 2.36. The number of nitrogens with one attached hydrogen (secondary N) is 1. The Balaban J connectivity index is 1.93. The largest absolute Gasteiger partial charge is 0.310 e. The van der Waals surface area contributed by atoms with Crippen LogP contribution in [0.2, 0.25) is 0 Å². The van der Waals surface area contributed by atoms with Crippen LogP contribution >= 0.6 is 0 Å². The summed E-state index contributed by atoms with van der Waals surface area (Å²) in [4.78, 5) is 19.7. The van der Waals surface area contributed by atoms with Crippen LogP contribution in [0.1, 0.15) is 50.8 Å². The smallest absolute Gasteiger partial charge is 0.251 e. The topological polar surface area (TPSA) is 45.8 Å². The number of rotatable bonds is 3. The van der Waals surface area contributed by atoms with Crippen LogP contribution in [0.4, 0.5) is 0 Å². The van der Waals surface area contributed by atoms with Gasteiger partial charge in [0.15, 0.2) is 0 Å². The monoisotopic (exact) mass is 282 g/mol. The van der Waals surface area contributed by atoms with E-state index in [1.165, 1.54) is 19.3 Å². The molecule has 110 valence electrons. The van der Waals surface area contributed by atoms with Crippen molar-refractivity contribution in [3.63, 3.8) is 0 Å². The van der Waals surface area contributed by atoms with Gasteiger partial charge in [-0.25, -0.2) is 4.98 Å². The molecule has 0 radical (unpaired) electrons. The molecule has 1 saturated carbocycles. The summed E-state index contributed by atoms with van der Waals surface area (Å²) < 4.78 is 0. The summed E-state index contributed by atoms with van der Waals surface area (Å²) in [7, 11) is 0. The number of hydrogen-bond donors (Lipinski definition) is 1. The van der Waals surface area contributed by atoms with E-state index in [4.69, 9.17) is 4.98 Å². The lowest BCUT2D eigenvalue weighted by Gasteiger charge is -2.27. The van der Waals surface area contributed by atoms with Crippen LogP contribution < -0.4 is 5.56 Å². The molecule has 0 aliphatic heterocycles. The Morgan fingerprint density at radius 3 is 2.81 bits per heavy atom. The molecule has 1 heterocycles. The summed E-state index contributed by atoms with van der Waals surface area (Å²) in [6.07, 6.45) is 6.06. The van der Waals surface area contributed by atoms with Gasteiger partial charge in [-0.2, -0.15) is 0 Å². The van der Waals surface area contributed by atoms with Gasteiger partial charge in [0.1, 0.15) is 5.82 Å². The van der Waals surface area contributed by atoms with Crippen molar-refractivity contribution in [3.8, 4) is 11.3 Å². The molecule has 1 aliphatic rings. The fraction of sp³-hybridized carbons (Fsp3) is 0.444. The first kappa shape index (κ1) is 14.1. The molecule has 0 saturated heterocycles. The Kier molecular flexibility index (Phi) is 4.18. The summed E-state index contributed by atoms with van der Waals surface area (Å²) in [5.41, 5.74) is 1.75. The molecule has 2 atom stereocenters. The quantitative estimate of drug-likeness (QED) is 0.920. The molecule has 3 heteroatoms. The molecule has 1 N–H and O–H groups in total. The molecule has 1 fully saturated rings. The molecule has 0 bridgehead atoms. The Morgan fingerprint density at radius 2 is 2.05 bits per heavy atom. The summed E-state index contributed by atoms with van der Waals surface area (Å²) in [6, 6.07) is 11.5. The molecule has 2 aromatic rings. The van der Waals surface area contributed by atoms with E-state index >= 15 is 0 Å². The number of aromatic nitrogens is 2. The van der Waals surface area contributed by atoms with Crippen LogP contribution in [0.5, 0.6) is 0 Å². The third-order valence-electron chi connectivity index (χ3n) is 4.58. The van der Waals surface area contributed by atoms with E-state index in [-0.39, 0.29) is 5.56 Å². The van der Waals surface area contributed by atoms with Crippen LogP contribution in [0, 0.1) is 5.92 Å². The normalized spacial score (nSPS) is 22.1. The van der Waals surface area contributed by atoms with Crippen LogP contribution in [0.3, 0.4) is 0 Å². The lowest BCUT2D eigenvalue weighted by molar-refractivity contribution is 0.307. The molecular weight excluding hydrogens is 260 g/mol. The van der Waals surface area contributed by atoms with Gasteiger partial charge >= 0.3 is 0 Å². The van der Waals surface area contributed by atoms with Crippen LogP contribution in [0.15, 0.2) is 41.2 Å². The highest BCUT2D eigenvalue weighted by atomic mass is 16.1. The van der Waals surface area contributed by atoms with E-state index in [0.29, 0.717) is 5.92 Å². The van der Waals surface area contributed by atoms with Gasteiger partial charge in [-0.1, -0.05) is 56.5 Å². The Morgan fingerprint density at radius 1 is 1.24 bits per heavy atom. The predicted octanol–water partition coefficient (Wildman–Crippen LogP) is 4.12. The first-order chi connectivity index (χ1) is 10.3. The van der Waals surface area contributed by atoms with Crippen molar-refractivity contribution in [2.24, 2.45) is 5.92 Å². The van der Waals surface area contributed by atoms with Gasteiger partial charge in [0.25, 0.3) is 5.56 Å². The van der Waals surface area contributed by atoms with E-state index in [9.17, 15) is 4.79 Å². The summed E-state index contributed by atoms with van der Waals surface area (Å²) in [6.45, 7) is 2.25. The predicted molar refractivity (Wildman–Crippen MR) is 85.3 cm³/mol. The minimum atomic E-state index is -0.0440. The molecule has 21 heavy (non-hydrogen) atoms. The molecule has 2 unspecified atom stereocenters. The summed E-state index contributed by atoms with van der Waals surface area (Å²) >= 11 is 0. The van der Waals surface area contributed by atoms with E-state index < -0.39 is 0 Å². The fourth-order valence-corrected chi connectivity index (χ4v) is 3.34. The average Bonchev–Trinajstić information content (AvgIpc) is 2.55. The lowest BCUT2D eigenvalue weighted by Crippen LogP contribution is -2.19. The highest BCUT2D eigenvalue weighted by molar-refractivity contribution is 5.58. The lowest BCUT2D eigenvalue weighted by atomic mass is 9.80. The van der Waals surface area contributed by atoms with Gasteiger partial charge in [0.2, 0.25) is 0 Å². The zero-order valence-corrected chi connectivity index (χ0v) is 12.5. The van der Waals surface area contributed by atoms with Gasteiger partial charge < -0.3 is 4.98 Å². The second-order valence-electron chi connectivity index (χ2n) is 6.02. The van der Waals surface area contributed by atoms with E-state index in [0.717, 1.165) is 35.8 Å². The minimum Gasteiger partial charge on any atom is -0.310 e. The highest BCUT2D eigenvalue weighted by Gasteiger charge is 2.24. The maximum atomic E-state index is 12.0. The second kappa shape index (κ2) is 6.25. The number of hydrogen-bond acceptors (Lipinski definition) is 2. The summed E-state index contributed by atoms with van der Waals surface area (Å²) in [5, 5.41) is 0. The van der Waals surface area contributed by atoms with Gasteiger partial charge in [0, 0.05) is 17.5 Å². The number of benzene rings is 1. The molecule has 0 spiro atoms. The van der Waals surface area contributed by atoms with Crippen molar-refractivity contribution in [3.05, 3.63) is 52.6 Å². The number of nitrogens with zero attached hydrogens (tertiary/aromatic N) is 1. The number of H-pyrrole nitrogens is 1. The second-order valence-corrected chi connectivity index (χ2v) is 6.02. The van der Waals surface area contributed by atoms with E-state index in [1.54, 1.807) is 6.07 Å². The Hall–Kier alpha value is -1.90. The SMILES string of the molecule is CCC1CCCC(c2nc(-c3ccccc3)cc(=O)[nH]2)C1. The Labute approximate surface area is 125 Å². The maximum Gasteiger partial charge on any atom is 0.251 e. The maximum absolute atomic E-state index is 12.0. The molecule has 3 rings (SSSR count). The van der Waals surface area contributed by atoms with E-state index in [2.05, 4.69) is 11.9 Å². The summed E-state index contributed by atoms with van der Waals surface area (Å²) in [5.74, 6) is 2.05. The average molecular weight is 282 g/mol. The number of aromatic amines is 1. The molecule has 1 aromatic carbocycles. The third-order valence-corrected chi connectivity index (χ3v) is 4.58. The standard InChI is InChI=1S/C18H22N2O/c1-2-13-7-6-10-15(11-13)18-19-16(12-17(21)20-18)14-8-4-3-5-9-14/h3-5,8-9,12-13,15H,2,6-7,10-11H2,1H3,(H,19,20,21). The van der Waals surface area contributed by atoms with Gasteiger partial charge in [-0.15, -0.1) is 0 Å². The van der Waals surface area contributed by atoms with Crippen molar-refractivity contribution in [1.29, 1.82) is 0 Å². The fourth-order valence-electron chi connectivity index (χ4n) is 3.34. The first-order valence-corrected chi connectivity index (χ1v) is 7.93. The van der Waals surface area contributed by atoms with Crippen molar-refractivity contribution in [2.75, 3.05) is 0 Å². The zero-order chi connectivity index (χ0) is 14.7. The van der Waals surface area contributed by atoms with E-state index in [1.807, 2.05) is 30.3 Å². The van der Waals surface area contributed by atoms with Crippen LogP contribution in [-0.2, 0) is 0 Å². The first-order valence-electron chi connectivity index (χ1n) is 7.93. The van der Waals surface area contributed by atoms with Gasteiger partial charge in [-0.05, 0) is 18.8 Å². The molecule has 1 aliphatic carbocycles. The molecule has 3 nitrogen and oxygen atoms in total. The van der Waals surface area contributed by atoms with Crippen molar-refractivity contribution >= 4 is 0 Å². The van der Waals surface area contributed by atoms with Crippen LogP contribution in [0.25, 0.3) is 11.3 Å². The van der Waals surface area contributed by atoms with Crippen molar-refractivity contribution in [1.82, 2.24) is 9.97 Å².